The third-order valence-electron chi connectivity index (χ3n) is 6.49. The van der Waals surface area contributed by atoms with Crippen molar-refractivity contribution in [2.24, 2.45) is 0 Å². The zero-order chi connectivity index (χ0) is 22.6. The number of aryl methyl sites for hydroxylation is 1. The van der Waals surface area contributed by atoms with Gasteiger partial charge in [0.25, 0.3) is 0 Å². The number of rotatable bonds is 5. The van der Waals surface area contributed by atoms with Crippen LogP contribution in [0.5, 0.6) is 0 Å². The highest BCUT2D eigenvalue weighted by Gasteiger charge is 2.33. The van der Waals surface area contributed by atoms with E-state index in [1.54, 1.807) is 27.1 Å². The summed E-state index contributed by atoms with van der Waals surface area (Å²) in [5.41, 5.74) is 6.25. The fraction of sp³-hybridized carbons (Fsp3) is 0.478. The van der Waals surface area contributed by atoms with Gasteiger partial charge in [-0.1, -0.05) is 13.8 Å². The molecule has 0 aliphatic carbocycles. The lowest BCUT2D eigenvalue weighted by Crippen LogP contribution is -2.50. The van der Waals surface area contributed by atoms with E-state index < -0.39 is 12.4 Å². The molecule has 0 spiro atoms. The van der Waals surface area contributed by atoms with E-state index in [2.05, 4.69) is 40.3 Å². The number of nitrogens with zero attached hydrogens (tertiary/aromatic N) is 4. The van der Waals surface area contributed by atoms with Gasteiger partial charge < -0.3 is 15.4 Å². The molecule has 0 aromatic carbocycles. The topological polar surface area (TPSA) is 81.5 Å². The molecule has 7 nitrogen and oxygen atoms in total. The Balaban J connectivity index is 1.53. The van der Waals surface area contributed by atoms with E-state index in [1.807, 2.05) is 26.2 Å². The van der Waals surface area contributed by atoms with Gasteiger partial charge in [-0.15, -0.1) is 11.3 Å². The number of fused-ring (bicyclic) bond motifs is 2. The molecule has 3 N–H and O–H groups in total. The van der Waals surface area contributed by atoms with Gasteiger partial charge in [0.05, 0.1) is 20.8 Å². The van der Waals surface area contributed by atoms with Crippen molar-refractivity contribution in [1.29, 1.82) is 0 Å². The third-order valence-corrected chi connectivity index (χ3v) is 7.70. The molecule has 3 atom stereocenters. The Hall–Kier alpha value is -2.33. The maximum absolute atomic E-state index is 14.4. The average Bonchev–Trinajstić information content (AvgIpc) is 3.46. The number of aromatic amines is 1. The molecule has 0 amide bonds. The van der Waals surface area contributed by atoms with Gasteiger partial charge in [-0.05, 0) is 56.1 Å². The molecule has 5 heterocycles. The molecular formula is C23H29FN6OS. The molecule has 1 fully saturated rings. The standard InChI is InChI=1S/C23H29FN6OS/c1-12(2)19-20(14-7-13(3)22-26-11-27-30(22)10-14)28-16-8-18(32-21(16)19)23(31)29(4)17-5-6-25-9-15(17)24/h7-8,10-12,15,17,23,25,28,31H,5-6,9H2,1-4H3/t15-,17-,23?/m1/s1. The number of aliphatic hydroxyl groups excluding tert-OH is 1. The highest BCUT2D eigenvalue weighted by atomic mass is 32.1. The zero-order valence-electron chi connectivity index (χ0n) is 18.8. The van der Waals surface area contributed by atoms with Gasteiger partial charge in [0.1, 0.15) is 18.7 Å². The molecule has 9 heteroatoms. The molecule has 1 aliphatic rings. The van der Waals surface area contributed by atoms with Crippen LogP contribution in [-0.2, 0) is 0 Å². The van der Waals surface area contributed by atoms with Crippen molar-refractivity contribution >= 4 is 27.2 Å². The Morgan fingerprint density at radius 1 is 1.34 bits per heavy atom. The first-order chi connectivity index (χ1) is 15.3. The maximum atomic E-state index is 14.4. The van der Waals surface area contributed by atoms with Crippen LogP contribution in [-0.4, -0.2) is 61.9 Å². The first kappa shape index (κ1) is 21.5. The normalized spacial score (nSPS) is 20.8. The Kier molecular flexibility index (Phi) is 5.53. The van der Waals surface area contributed by atoms with Crippen LogP contribution in [0.4, 0.5) is 4.39 Å². The van der Waals surface area contributed by atoms with E-state index in [9.17, 15) is 9.50 Å². The second kappa shape index (κ2) is 8.22. The SMILES string of the molecule is Cc1cc(-c2[nH]c3cc(C(O)N(C)[C@@H]4CCNC[C@H]4F)sc3c2C(C)C)cn2ncnc12. The fourth-order valence-electron chi connectivity index (χ4n) is 4.80. The average molecular weight is 457 g/mol. The molecule has 0 radical (unpaired) electrons. The van der Waals surface area contributed by atoms with E-state index in [-0.39, 0.29) is 12.0 Å². The van der Waals surface area contributed by atoms with Gasteiger partial charge in [0.15, 0.2) is 5.65 Å². The summed E-state index contributed by atoms with van der Waals surface area (Å²) in [6.45, 7) is 7.50. The molecule has 1 unspecified atom stereocenters. The van der Waals surface area contributed by atoms with Crippen molar-refractivity contribution in [3.63, 3.8) is 0 Å². The highest BCUT2D eigenvalue weighted by molar-refractivity contribution is 7.19. The van der Waals surface area contributed by atoms with Crippen molar-refractivity contribution in [2.75, 3.05) is 20.1 Å². The van der Waals surface area contributed by atoms with E-state index in [1.165, 1.54) is 5.56 Å². The lowest BCUT2D eigenvalue weighted by atomic mass is 9.99. The van der Waals surface area contributed by atoms with Gasteiger partial charge in [0, 0.05) is 24.3 Å². The van der Waals surface area contributed by atoms with Crippen molar-refractivity contribution in [3.05, 3.63) is 40.7 Å². The number of aromatic nitrogens is 4. The summed E-state index contributed by atoms with van der Waals surface area (Å²) in [5.74, 6) is 0.284. The predicted octanol–water partition coefficient (Wildman–Crippen LogP) is 3.99. The summed E-state index contributed by atoms with van der Waals surface area (Å²) < 4.78 is 17.4. The minimum atomic E-state index is -0.985. The largest absolute Gasteiger partial charge is 0.373 e. The summed E-state index contributed by atoms with van der Waals surface area (Å²) in [6, 6.07) is 3.85. The van der Waals surface area contributed by atoms with Gasteiger partial charge >= 0.3 is 0 Å². The van der Waals surface area contributed by atoms with E-state index in [4.69, 9.17) is 0 Å². The number of nitrogens with one attached hydrogen (secondary N) is 2. The van der Waals surface area contributed by atoms with Crippen LogP contribution in [0.1, 0.15) is 48.4 Å². The van der Waals surface area contributed by atoms with Crippen molar-refractivity contribution < 1.29 is 9.50 Å². The number of aliphatic hydroxyl groups is 1. The quantitative estimate of drug-likeness (QED) is 0.396. The van der Waals surface area contributed by atoms with Crippen LogP contribution < -0.4 is 5.32 Å². The molecule has 170 valence electrons. The number of hydrogen-bond donors (Lipinski definition) is 3. The predicted molar refractivity (Wildman–Crippen MR) is 126 cm³/mol. The Morgan fingerprint density at radius 2 is 2.16 bits per heavy atom. The first-order valence-electron chi connectivity index (χ1n) is 11.1. The van der Waals surface area contributed by atoms with Crippen LogP contribution in [0.15, 0.2) is 24.7 Å². The third kappa shape index (κ3) is 3.53. The Bertz CT molecular complexity index is 1260. The van der Waals surface area contributed by atoms with Crippen molar-refractivity contribution in [2.45, 2.75) is 51.6 Å². The van der Waals surface area contributed by atoms with Crippen LogP contribution >= 0.6 is 11.3 Å². The lowest BCUT2D eigenvalue weighted by molar-refractivity contribution is -0.0364. The van der Waals surface area contributed by atoms with Gasteiger partial charge in [0.2, 0.25) is 0 Å². The fourth-order valence-corrected chi connectivity index (χ4v) is 6.15. The lowest BCUT2D eigenvalue weighted by Gasteiger charge is -2.36. The molecule has 4 aromatic rings. The Morgan fingerprint density at radius 3 is 2.91 bits per heavy atom. The molecule has 32 heavy (non-hydrogen) atoms. The minimum absolute atomic E-state index is 0.284. The van der Waals surface area contributed by atoms with Gasteiger partial charge in [-0.3, -0.25) is 4.90 Å². The number of H-pyrrole nitrogens is 1. The monoisotopic (exact) mass is 456 g/mol. The number of thiophene rings is 1. The van der Waals surface area contributed by atoms with E-state index in [0.29, 0.717) is 13.0 Å². The Labute approximate surface area is 190 Å². The van der Waals surface area contributed by atoms with Gasteiger partial charge in [-0.2, -0.15) is 5.10 Å². The van der Waals surface area contributed by atoms with Crippen molar-refractivity contribution in [1.82, 2.24) is 29.8 Å². The smallest absolute Gasteiger partial charge is 0.158 e. The van der Waals surface area contributed by atoms with E-state index in [0.717, 1.165) is 44.1 Å². The summed E-state index contributed by atoms with van der Waals surface area (Å²) in [4.78, 5) is 10.5. The summed E-state index contributed by atoms with van der Waals surface area (Å²) in [7, 11) is 1.81. The first-order valence-corrected chi connectivity index (χ1v) is 11.9. The zero-order valence-corrected chi connectivity index (χ0v) is 19.6. The second-order valence-corrected chi connectivity index (χ2v) is 10.1. The number of piperidine rings is 1. The van der Waals surface area contributed by atoms with Crippen LogP contribution in [0.25, 0.3) is 27.1 Å². The molecule has 4 aromatic heterocycles. The summed E-state index contributed by atoms with van der Waals surface area (Å²) in [6.07, 6.45) is 2.43. The number of halogens is 1. The molecule has 0 bridgehead atoms. The molecular weight excluding hydrogens is 427 g/mol. The minimum Gasteiger partial charge on any atom is -0.373 e. The number of hydrogen-bond acceptors (Lipinski definition) is 6. The summed E-state index contributed by atoms with van der Waals surface area (Å²) >= 11 is 1.58. The highest BCUT2D eigenvalue weighted by Crippen LogP contribution is 2.42. The van der Waals surface area contributed by atoms with Crippen LogP contribution in [0.3, 0.4) is 0 Å². The van der Waals surface area contributed by atoms with E-state index >= 15 is 0 Å². The second-order valence-electron chi connectivity index (χ2n) is 9.02. The molecule has 1 aliphatic heterocycles. The number of alkyl halides is 1. The summed E-state index contributed by atoms with van der Waals surface area (Å²) in [5, 5.41) is 18.4. The van der Waals surface area contributed by atoms with Crippen molar-refractivity contribution in [3.8, 4) is 11.3 Å². The maximum Gasteiger partial charge on any atom is 0.158 e. The van der Waals surface area contributed by atoms with Gasteiger partial charge in [-0.25, -0.2) is 13.9 Å². The molecule has 5 rings (SSSR count). The molecule has 1 saturated heterocycles. The van der Waals surface area contributed by atoms with Crippen LogP contribution in [0.2, 0.25) is 0 Å². The molecule has 0 saturated carbocycles. The number of pyridine rings is 1. The van der Waals surface area contributed by atoms with Crippen LogP contribution in [0, 0.1) is 6.92 Å².